The number of aliphatic hydroxyl groups excluding tert-OH is 4. The van der Waals surface area contributed by atoms with Crippen LogP contribution in [0.3, 0.4) is 0 Å². The molecule has 0 aromatic rings. The summed E-state index contributed by atoms with van der Waals surface area (Å²) >= 11 is 0. The van der Waals surface area contributed by atoms with Crippen molar-refractivity contribution >= 4 is 11.8 Å². The number of aliphatic hydroxyl groups is 5. The first-order chi connectivity index (χ1) is 10.1. The van der Waals surface area contributed by atoms with E-state index in [4.69, 9.17) is 26.4 Å². The van der Waals surface area contributed by atoms with Crippen LogP contribution in [-0.2, 0) is 14.3 Å². The number of ketones is 1. The van der Waals surface area contributed by atoms with Gasteiger partial charge in [0.1, 0.15) is 24.2 Å². The highest BCUT2D eigenvalue weighted by atomic mass is 16.7. The van der Waals surface area contributed by atoms with Crippen molar-refractivity contribution in [3.8, 4) is 0 Å². The normalized spacial score (nSPS) is 38.3. The van der Waals surface area contributed by atoms with Crippen LogP contribution in [0.25, 0.3) is 0 Å². The zero-order chi connectivity index (χ0) is 17.2. The number of carboxylic acid groups (broad SMARTS) is 1. The second-order valence-electron chi connectivity index (χ2n) is 5.04. The van der Waals surface area contributed by atoms with Crippen molar-refractivity contribution in [1.82, 2.24) is 0 Å². The molecule has 0 spiro atoms. The topological polar surface area (TPSA) is 217 Å². The van der Waals surface area contributed by atoms with Crippen LogP contribution in [-0.4, -0.2) is 91.8 Å². The second-order valence-corrected chi connectivity index (χ2v) is 5.04. The Kier molecular flexibility index (Phi) is 5.95. The van der Waals surface area contributed by atoms with Gasteiger partial charge in [-0.05, 0) is 0 Å². The molecule has 1 aliphatic heterocycles. The first kappa shape index (κ1) is 18.9. The Labute approximate surface area is 124 Å². The second kappa shape index (κ2) is 6.93. The molecule has 11 nitrogen and oxygen atoms in total. The molecule has 1 heterocycles. The summed E-state index contributed by atoms with van der Waals surface area (Å²) in [6.45, 7) is -1.58. The molecule has 0 amide bonds. The van der Waals surface area contributed by atoms with Gasteiger partial charge in [-0.2, -0.15) is 0 Å². The molecule has 0 saturated carbocycles. The highest BCUT2D eigenvalue weighted by molar-refractivity contribution is 5.91. The average Bonchev–Trinajstić information content (AvgIpc) is 2.48. The molecule has 1 saturated heterocycles. The third kappa shape index (κ3) is 3.11. The summed E-state index contributed by atoms with van der Waals surface area (Å²) in [6, 6.07) is -1.52. The van der Waals surface area contributed by atoms with Crippen LogP contribution >= 0.6 is 0 Å². The van der Waals surface area contributed by atoms with Crippen LogP contribution in [0.15, 0.2) is 0 Å². The van der Waals surface area contributed by atoms with Crippen LogP contribution < -0.4 is 11.5 Å². The fourth-order valence-corrected chi connectivity index (χ4v) is 2.35. The molecule has 0 aliphatic carbocycles. The molecule has 1 rings (SSSR count). The van der Waals surface area contributed by atoms with Gasteiger partial charge in [-0.1, -0.05) is 0 Å². The van der Waals surface area contributed by atoms with Gasteiger partial charge >= 0.3 is 5.97 Å². The molecule has 22 heavy (non-hydrogen) atoms. The Morgan fingerprint density at radius 3 is 2.27 bits per heavy atom. The van der Waals surface area contributed by atoms with E-state index in [1.54, 1.807) is 0 Å². The maximum absolute atomic E-state index is 11.7. The predicted octanol–water partition coefficient (Wildman–Crippen LogP) is -5.30. The summed E-state index contributed by atoms with van der Waals surface area (Å²) in [6.07, 6.45) is -7.32. The third-order valence-corrected chi connectivity index (χ3v) is 3.62. The number of carboxylic acids is 1. The van der Waals surface area contributed by atoms with Gasteiger partial charge < -0.3 is 46.8 Å². The highest BCUT2D eigenvalue weighted by Gasteiger charge is 2.61. The van der Waals surface area contributed by atoms with Gasteiger partial charge in [-0.25, -0.2) is 4.79 Å². The Hall–Kier alpha value is -1.18. The predicted molar refractivity (Wildman–Crippen MR) is 68.1 cm³/mol. The molecule has 1 aliphatic rings. The van der Waals surface area contributed by atoms with E-state index < -0.39 is 67.1 Å². The summed E-state index contributed by atoms with van der Waals surface area (Å²) in [4.78, 5) is 23.0. The van der Waals surface area contributed by atoms with E-state index in [9.17, 15) is 30.0 Å². The van der Waals surface area contributed by atoms with Crippen molar-refractivity contribution in [3.05, 3.63) is 0 Å². The fraction of sp³-hybridized carbons (Fsp3) is 0.818. The number of Topliss-reactive ketones (excluding diaryl/α,β-unsaturated/α-hetero) is 1. The zero-order valence-electron chi connectivity index (χ0n) is 11.4. The Balaban J connectivity index is 3.22. The first-order valence-corrected chi connectivity index (χ1v) is 6.38. The monoisotopic (exact) mass is 324 g/mol. The number of nitrogens with two attached hydrogens (primary N) is 2. The molecular formula is C11H20N2O9. The number of carbonyl (C=O) groups is 2. The number of hydrogen-bond donors (Lipinski definition) is 8. The van der Waals surface area contributed by atoms with Crippen molar-refractivity contribution in [2.45, 2.75) is 36.2 Å². The van der Waals surface area contributed by atoms with Gasteiger partial charge in [0.25, 0.3) is 5.79 Å². The quantitative estimate of drug-likeness (QED) is 0.231. The molecule has 1 fully saturated rings. The number of ether oxygens (including phenoxy) is 1. The van der Waals surface area contributed by atoms with Crippen molar-refractivity contribution in [1.29, 1.82) is 0 Å². The molecule has 0 aromatic heterocycles. The summed E-state index contributed by atoms with van der Waals surface area (Å²) in [5.74, 6) is -8.17. The van der Waals surface area contributed by atoms with Gasteiger partial charge in [0.2, 0.25) is 0 Å². The van der Waals surface area contributed by atoms with Crippen LogP contribution in [0.2, 0.25) is 0 Å². The summed E-state index contributed by atoms with van der Waals surface area (Å²) in [5.41, 5.74) is 10.7. The third-order valence-electron chi connectivity index (χ3n) is 3.62. The Bertz CT molecular complexity index is 434. The summed E-state index contributed by atoms with van der Waals surface area (Å²) in [5, 5.41) is 57.2. The van der Waals surface area contributed by atoms with Crippen LogP contribution in [0.4, 0.5) is 0 Å². The van der Waals surface area contributed by atoms with Gasteiger partial charge in [0.15, 0.2) is 5.78 Å². The number of rotatable bonds is 6. The van der Waals surface area contributed by atoms with Crippen molar-refractivity contribution < 1.29 is 45.0 Å². The van der Waals surface area contributed by atoms with Crippen LogP contribution in [0.5, 0.6) is 0 Å². The van der Waals surface area contributed by atoms with E-state index in [0.717, 1.165) is 0 Å². The smallest absolute Gasteiger partial charge is 0.365 e. The van der Waals surface area contributed by atoms with Crippen molar-refractivity contribution in [3.63, 3.8) is 0 Å². The maximum atomic E-state index is 11.7. The molecule has 10 N–H and O–H groups in total. The summed E-state index contributed by atoms with van der Waals surface area (Å²) in [7, 11) is 0. The minimum atomic E-state index is -3.19. The van der Waals surface area contributed by atoms with E-state index in [1.165, 1.54) is 0 Å². The van der Waals surface area contributed by atoms with Crippen molar-refractivity contribution in [2.24, 2.45) is 17.4 Å². The lowest BCUT2D eigenvalue weighted by molar-refractivity contribution is -0.311. The van der Waals surface area contributed by atoms with Gasteiger partial charge in [-0.15, -0.1) is 0 Å². The lowest BCUT2D eigenvalue weighted by Crippen LogP contribution is -2.72. The minimum Gasteiger partial charge on any atom is -0.477 e. The van der Waals surface area contributed by atoms with E-state index >= 15 is 0 Å². The Morgan fingerprint density at radius 2 is 1.86 bits per heavy atom. The SMILES string of the molecule is NCC(=O)C1[C@H](O)[C@@H](N)[C@H]([C@H](O)[C@H](O)CO)OC1(O)C(=O)O. The van der Waals surface area contributed by atoms with Crippen molar-refractivity contribution in [2.75, 3.05) is 13.2 Å². The molecule has 0 aromatic carbocycles. The molecule has 0 bridgehead atoms. The van der Waals surface area contributed by atoms with E-state index in [0.29, 0.717) is 0 Å². The van der Waals surface area contributed by atoms with Crippen LogP contribution in [0, 0.1) is 5.92 Å². The Morgan fingerprint density at radius 1 is 1.32 bits per heavy atom. The number of carbonyl (C=O) groups excluding carboxylic acids is 1. The van der Waals surface area contributed by atoms with E-state index in [2.05, 4.69) is 0 Å². The first-order valence-electron chi connectivity index (χ1n) is 6.38. The van der Waals surface area contributed by atoms with Crippen LogP contribution in [0.1, 0.15) is 0 Å². The lowest BCUT2D eigenvalue weighted by Gasteiger charge is -2.47. The molecule has 11 heteroatoms. The molecular weight excluding hydrogens is 304 g/mol. The minimum absolute atomic E-state index is 0.681. The largest absolute Gasteiger partial charge is 0.477 e. The van der Waals surface area contributed by atoms with E-state index in [1.807, 2.05) is 0 Å². The standard InChI is InChI=1S/C11H20N2O9/c12-1-3(15)5-8(18)6(13)9(7(17)4(16)2-14)22-11(5,21)10(19)20/h4-9,14,16-18,21H,1-2,12-13H2,(H,19,20)/t4-,5?,6-,7-,8+,9-,11?/m1/s1. The lowest BCUT2D eigenvalue weighted by atomic mass is 9.78. The van der Waals surface area contributed by atoms with Gasteiger partial charge in [0.05, 0.1) is 25.3 Å². The highest BCUT2D eigenvalue weighted by Crippen LogP contribution is 2.35. The zero-order valence-corrected chi connectivity index (χ0v) is 11.4. The van der Waals surface area contributed by atoms with Gasteiger partial charge in [0, 0.05) is 0 Å². The molecule has 128 valence electrons. The summed E-state index contributed by atoms with van der Waals surface area (Å²) < 4.78 is 4.81. The fourth-order valence-electron chi connectivity index (χ4n) is 2.35. The average molecular weight is 324 g/mol. The molecule has 7 atom stereocenters. The number of aliphatic carboxylic acids is 1. The van der Waals surface area contributed by atoms with E-state index in [-0.39, 0.29) is 0 Å². The number of hydrogen-bond acceptors (Lipinski definition) is 10. The molecule has 0 radical (unpaired) electrons. The van der Waals surface area contributed by atoms with Gasteiger partial charge in [-0.3, -0.25) is 4.79 Å². The maximum Gasteiger partial charge on any atom is 0.365 e. The molecule has 2 unspecified atom stereocenters.